The lowest BCUT2D eigenvalue weighted by Gasteiger charge is -2.38. The first-order valence-corrected chi connectivity index (χ1v) is 12.1. The van der Waals surface area contributed by atoms with Crippen LogP contribution >= 0.6 is 15.9 Å². The van der Waals surface area contributed by atoms with E-state index in [0.717, 1.165) is 79.3 Å². The van der Waals surface area contributed by atoms with Crippen LogP contribution in [0.4, 0.5) is 4.79 Å². The molecule has 7 nitrogen and oxygen atoms in total. The lowest BCUT2D eigenvalue weighted by atomic mass is 9.92. The number of hydrogen-bond donors (Lipinski definition) is 1. The van der Waals surface area contributed by atoms with Crippen LogP contribution in [-0.2, 0) is 6.54 Å². The van der Waals surface area contributed by atoms with E-state index in [-0.39, 0.29) is 6.03 Å². The van der Waals surface area contributed by atoms with E-state index in [4.69, 9.17) is 4.99 Å². The van der Waals surface area contributed by atoms with Crippen molar-refractivity contribution >= 4 is 27.8 Å². The molecule has 3 aliphatic heterocycles. The zero-order valence-corrected chi connectivity index (χ0v) is 20.2. The maximum Gasteiger partial charge on any atom is 0.319 e. The number of halogens is 1. The number of aliphatic imine (C=N–C) groups is 1. The third kappa shape index (κ3) is 5.06. The molecular weight excluding hydrogens is 468 g/mol. The molecule has 0 aliphatic carbocycles. The molecule has 0 bridgehead atoms. The molecule has 0 unspecified atom stereocenters. The van der Waals surface area contributed by atoms with Crippen LogP contribution in [0, 0.1) is 5.92 Å². The van der Waals surface area contributed by atoms with Gasteiger partial charge < -0.3 is 20.0 Å². The van der Waals surface area contributed by atoms with E-state index in [1.807, 2.05) is 40.1 Å². The second-order valence-electron chi connectivity index (χ2n) is 8.46. The van der Waals surface area contributed by atoms with Crippen LogP contribution in [0.5, 0.6) is 0 Å². The molecule has 0 atom stereocenters. The monoisotopic (exact) mass is 498 g/mol. The zero-order valence-electron chi connectivity index (χ0n) is 18.6. The first-order chi connectivity index (χ1) is 15.6. The Labute approximate surface area is 198 Å². The fourth-order valence-electron chi connectivity index (χ4n) is 4.45. The summed E-state index contributed by atoms with van der Waals surface area (Å²) in [6, 6.07) is 4.17. The van der Waals surface area contributed by atoms with Gasteiger partial charge in [-0.25, -0.2) is 4.79 Å². The Balaban J connectivity index is 1.50. The van der Waals surface area contributed by atoms with E-state index in [1.54, 1.807) is 12.3 Å². The minimum atomic E-state index is 0.208. The number of nitrogens with zero attached hydrogens (tertiary/aromatic N) is 5. The molecule has 1 aromatic heterocycles. The van der Waals surface area contributed by atoms with Gasteiger partial charge in [0.15, 0.2) is 0 Å². The maximum absolute atomic E-state index is 12.7. The number of urea groups is 1. The average molecular weight is 499 g/mol. The van der Waals surface area contributed by atoms with Gasteiger partial charge in [0.25, 0.3) is 0 Å². The van der Waals surface area contributed by atoms with Gasteiger partial charge >= 0.3 is 6.03 Å². The van der Waals surface area contributed by atoms with Gasteiger partial charge in [0.05, 0.1) is 11.0 Å². The van der Waals surface area contributed by atoms with Gasteiger partial charge in [-0.3, -0.25) is 9.98 Å². The van der Waals surface area contributed by atoms with Crippen LogP contribution in [0.1, 0.15) is 31.2 Å². The quantitative estimate of drug-likeness (QED) is 0.679. The highest BCUT2D eigenvalue weighted by atomic mass is 79.9. The molecule has 2 amide bonds. The van der Waals surface area contributed by atoms with Crippen molar-refractivity contribution in [2.24, 2.45) is 10.9 Å². The number of likely N-dealkylation sites (N-methyl/N-ethyl adjacent to an activating group) is 1. The van der Waals surface area contributed by atoms with Crippen LogP contribution in [0.2, 0.25) is 0 Å². The highest BCUT2D eigenvalue weighted by Crippen LogP contribution is 2.29. The van der Waals surface area contributed by atoms with Gasteiger partial charge in [-0.15, -0.1) is 0 Å². The molecule has 0 aromatic carbocycles. The van der Waals surface area contributed by atoms with Crippen molar-refractivity contribution < 1.29 is 4.79 Å². The van der Waals surface area contributed by atoms with Crippen molar-refractivity contribution in [1.29, 1.82) is 0 Å². The Morgan fingerprint density at radius 3 is 2.66 bits per heavy atom. The third-order valence-corrected chi connectivity index (χ3v) is 7.06. The fourth-order valence-corrected chi connectivity index (χ4v) is 4.81. The molecule has 0 radical (unpaired) electrons. The molecule has 8 heteroatoms. The number of aromatic nitrogens is 1. The molecule has 1 aromatic rings. The van der Waals surface area contributed by atoms with Gasteiger partial charge in [0.2, 0.25) is 0 Å². The van der Waals surface area contributed by atoms with Gasteiger partial charge in [0.1, 0.15) is 11.7 Å². The molecular formula is C24H31BrN6O. The second-order valence-corrected chi connectivity index (χ2v) is 9.31. The summed E-state index contributed by atoms with van der Waals surface area (Å²) in [7, 11) is 2.00. The standard InChI is InChI=1S/C24H31BrN6O/c1-3-20(25)23-28-21(15-22(29(23)2)27-17-18-7-6-10-26-16-18)19-8-13-31(14-9-19)24(32)30-11-4-5-12-30/h3,6-7,10,15-16,19,28H,1,4-5,8-9,11-14,17H2,2H3/b23-20+,27-22?. The van der Waals surface area contributed by atoms with E-state index in [2.05, 4.69) is 38.9 Å². The van der Waals surface area contributed by atoms with Crippen molar-refractivity contribution in [1.82, 2.24) is 25.0 Å². The van der Waals surface area contributed by atoms with Crippen LogP contribution in [0.25, 0.3) is 0 Å². The third-order valence-electron chi connectivity index (χ3n) is 6.36. The normalized spacial score (nSPS) is 22.6. The minimum absolute atomic E-state index is 0.208. The number of carbonyl (C=O) groups excluding carboxylic acids is 1. The Morgan fingerprint density at radius 2 is 2.00 bits per heavy atom. The number of hydrogen-bond acceptors (Lipinski definition) is 4. The molecule has 4 rings (SSSR count). The largest absolute Gasteiger partial charge is 0.344 e. The fraction of sp³-hybridized carbons (Fsp3) is 0.458. The molecule has 1 N–H and O–H groups in total. The van der Waals surface area contributed by atoms with E-state index < -0.39 is 0 Å². The van der Waals surface area contributed by atoms with Crippen molar-refractivity contribution in [2.45, 2.75) is 32.2 Å². The second kappa shape index (κ2) is 10.3. The number of nitrogens with one attached hydrogen (secondary N) is 1. The average Bonchev–Trinajstić information content (AvgIpc) is 3.38. The molecule has 170 valence electrons. The Hall–Kier alpha value is -2.61. The summed E-state index contributed by atoms with van der Waals surface area (Å²) in [5, 5.41) is 3.59. The summed E-state index contributed by atoms with van der Waals surface area (Å²) >= 11 is 3.63. The zero-order chi connectivity index (χ0) is 22.5. The van der Waals surface area contributed by atoms with Crippen molar-refractivity contribution in [3.63, 3.8) is 0 Å². The van der Waals surface area contributed by atoms with E-state index in [1.165, 1.54) is 0 Å². The van der Waals surface area contributed by atoms with Gasteiger partial charge in [-0.05, 0) is 53.2 Å². The number of rotatable bonds is 4. The van der Waals surface area contributed by atoms with Gasteiger partial charge in [0, 0.05) is 63.3 Å². The topological polar surface area (TPSA) is 64.1 Å². The van der Waals surface area contributed by atoms with E-state index >= 15 is 0 Å². The number of carbonyl (C=O) groups is 1. The lowest BCUT2D eigenvalue weighted by Crippen LogP contribution is -2.47. The highest BCUT2D eigenvalue weighted by molar-refractivity contribution is 9.11. The number of amidine groups is 1. The number of likely N-dealkylation sites (tertiary alicyclic amines) is 2. The van der Waals surface area contributed by atoms with E-state index in [9.17, 15) is 4.79 Å². The van der Waals surface area contributed by atoms with Crippen molar-refractivity contribution in [3.8, 4) is 0 Å². The summed E-state index contributed by atoms with van der Waals surface area (Å²) < 4.78 is 0.890. The first kappa shape index (κ1) is 22.6. The highest BCUT2D eigenvalue weighted by Gasteiger charge is 2.31. The van der Waals surface area contributed by atoms with E-state index in [0.29, 0.717) is 12.5 Å². The Morgan fingerprint density at radius 1 is 1.28 bits per heavy atom. The minimum Gasteiger partial charge on any atom is -0.344 e. The summed E-state index contributed by atoms with van der Waals surface area (Å²) in [6.07, 6.45) is 11.7. The predicted octanol–water partition coefficient (Wildman–Crippen LogP) is 4.08. The summed E-state index contributed by atoms with van der Waals surface area (Å²) in [6.45, 7) is 7.86. The number of pyridine rings is 1. The molecule has 32 heavy (non-hydrogen) atoms. The van der Waals surface area contributed by atoms with Crippen LogP contribution in [0.3, 0.4) is 0 Å². The molecule has 2 saturated heterocycles. The Kier molecular flexibility index (Phi) is 7.29. The Bertz CT molecular complexity index is 927. The van der Waals surface area contributed by atoms with Crippen LogP contribution < -0.4 is 5.32 Å². The number of amides is 2. The first-order valence-electron chi connectivity index (χ1n) is 11.3. The summed E-state index contributed by atoms with van der Waals surface area (Å²) in [5.74, 6) is 2.18. The van der Waals surface area contributed by atoms with Crippen molar-refractivity contribution in [2.75, 3.05) is 33.2 Å². The number of allylic oxidation sites excluding steroid dienone is 3. The maximum atomic E-state index is 12.7. The van der Waals surface area contributed by atoms with Gasteiger partial charge in [-0.2, -0.15) is 0 Å². The number of piperidine rings is 1. The summed E-state index contributed by atoms with van der Waals surface area (Å²) in [4.78, 5) is 27.9. The van der Waals surface area contributed by atoms with Crippen LogP contribution in [0.15, 0.2) is 64.3 Å². The lowest BCUT2D eigenvalue weighted by molar-refractivity contribution is 0.144. The summed E-state index contributed by atoms with van der Waals surface area (Å²) in [5.41, 5.74) is 2.22. The molecule has 4 heterocycles. The van der Waals surface area contributed by atoms with Crippen molar-refractivity contribution in [3.05, 3.63) is 64.8 Å². The molecule has 2 fully saturated rings. The predicted molar refractivity (Wildman–Crippen MR) is 131 cm³/mol. The van der Waals surface area contributed by atoms with Gasteiger partial charge in [-0.1, -0.05) is 18.7 Å². The van der Waals surface area contributed by atoms with Crippen LogP contribution in [-0.4, -0.2) is 64.8 Å². The molecule has 3 aliphatic rings. The smallest absolute Gasteiger partial charge is 0.319 e. The SMILES string of the molecule is C=C/C(Br)=C1/NC(C2CCN(C(=O)N3CCCC3)CC2)=CC(=NCc2cccnc2)N1C. The molecule has 0 spiro atoms. The molecule has 0 saturated carbocycles.